The average Bonchev–Trinajstić information content (AvgIpc) is 3.17. The molecule has 2 aromatic heterocycles. The van der Waals surface area contributed by atoms with Gasteiger partial charge in [-0.05, 0) is 35.7 Å². The summed E-state index contributed by atoms with van der Waals surface area (Å²) in [7, 11) is 0. The van der Waals surface area contributed by atoms with E-state index < -0.39 is 0 Å². The third kappa shape index (κ3) is 4.04. The van der Waals surface area contributed by atoms with Crippen LogP contribution in [0.4, 0.5) is 9.52 Å². The fraction of sp³-hybridized carbons (Fsp3) is 0.235. The number of hydrogen-bond donors (Lipinski definition) is 1. The van der Waals surface area contributed by atoms with Crippen LogP contribution in [0.25, 0.3) is 10.4 Å². The van der Waals surface area contributed by atoms with Crippen LogP contribution in [0, 0.1) is 11.7 Å². The third-order valence-corrected chi connectivity index (χ3v) is 5.22. The number of anilines is 1. The van der Waals surface area contributed by atoms with Crippen molar-refractivity contribution in [3.8, 4) is 10.4 Å². The Morgan fingerprint density at radius 2 is 1.88 bits per heavy atom. The van der Waals surface area contributed by atoms with Gasteiger partial charge in [0, 0.05) is 11.3 Å². The zero-order chi connectivity index (χ0) is 17.1. The third-order valence-electron chi connectivity index (χ3n) is 3.23. The summed E-state index contributed by atoms with van der Waals surface area (Å²) in [4.78, 5) is 13.8. The fourth-order valence-electron chi connectivity index (χ4n) is 2.12. The summed E-state index contributed by atoms with van der Waals surface area (Å²) < 4.78 is 13.0. The molecule has 24 heavy (non-hydrogen) atoms. The molecule has 0 fully saturated rings. The van der Waals surface area contributed by atoms with Crippen molar-refractivity contribution >= 4 is 33.7 Å². The predicted molar refractivity (Wildman–Crippen MR) is 96.1 cm³/mol. The van der Waals surface area contributed by atoms with Crippen molar-refractivity contribution in [2.75, 3.05) is 5.32 Å². The molecular formula is C17H16FN3OS2. The molecule has 0 aliphatic carbocycles. The van der Waals surface area contributed by atoms with Gasteiger partial charge in [0.25, 0.3) is 5.91 Å². The van der Waals surface area contributed by atoms with Crippen molar-refractivity contribution < 1.29 is 9.18 Å². The average molecular weight is 361 g/mol. The van der Waals surface area contributed by atoms with Gasteiger partial charge in [-0.15, -0.1) is 21.5 Å². The van der Waals surface area contributed by atoms with E-state index in [0.29, 0.717) is 15.9 Å². The van der Waals surface area contributed by atoms with Crippen LogP contribution >= 0.6 is 22.7 Å². The minimum atomic E-state index is -0.276. The maximum Gasteiger partial charge on any atom is 0.267 e. The van der Waals surface area contributed by atoms with E-state index in [9.17, 15) is 9.18 Å². The normalized spacial score (nSPS) is 11.0. The first-order chi connectivity index (χ1) is 11.5. The van der Waals surface area contributed by atoms with Gasteiger partial charge in [-0.2, -0.15) is 0 Å². The van der Waals surface area contributed by atoms with Gasteiger partial charge in [0.15, 0.2) is 0 Å². The molecule has 0 saturated heterocycles. The maximum absolute atomic E-state index is 13.0. The van der Waals surface area contributed by atoms with Gasteiger partial charge < -0.3 is 0 Å². The van der Waals surface area contributed by atoms with Gasteiger partial charge in [0.2, 0.25) is 5.13 Å². The minimum absolute atomic E-state index is 0.208. The lowest BCUT2D eigenvalue weighted by molar-refractivity contribution is 0.103. The zero-order valence-corrected chi connectivity index (χ0v) is 14.9. The molecule has 0 spiro atoms. The molecule has 2 heterocycles. The Labute approximate surface area is 147 Å². The number of thiophene rings is 1. The van der Waals surface area contributed by atoms with Crippen LogP contribution in [0.2, 0.25) is 0 Å². The summed E-state index contributed by atoms with van der Waals surface area (Å²) >= 11 is 2.76. The van der Waals surface area contributed by atoms with Crippen LogP contribution in [0.3, 0.4) is 0 Å². The van der Waals surface area contributed by atoms with Gasteiger partial charge >= 0.3 is 0 Å². The van der Waals surface area contributed by atoms with Crippen molar-refractivity contribution in [1.29, 1.82) is 0 Å². The standard InChI is InChI=1S/C17H16FN3OS2/c1-10(2)9-15-20-21-17(24-15)19-16(22)14-8-7-13(23-14)11-3-5-12(18)6-4-11/h3-8,10H,9H2,1-2H3,(H,19,21,22). The first-order valence-corrected chi connectivity index (χ1v) is 9.14. The molecule has 3 rings (SSSR count). The van der Waals surface area contributed by atoms with Crippen LogP contribution in [0.15, 0.2) is 36.4 Å². The van der Waals surface area contributed by atoms with Crippen LogP contribution in [-0.4, -0.2) is 16.1 Å². The lowest BCUT2D eigenvalue weighted by Gasteiger charge is -1.99. The van der Waals surface area contributed by atoms with Gasteiger partial charge in [-0.1, -0.05) is 37.3 Å². The van der Waals surface area contributed by atoms with Crippen molar-refractivity contribution in [3.05, 3.63) is 52.1 Å². The summed E-state index contributed by atoms with van der Waals surface area (Å²) in [5.41, 5.74) is 0.885. The number of halogens is 1. The monoisotopic (exact) mass is 361 g/mol. The topological polar surface area (TPSA) is 54.9 Å². The second-order valence-electron chi connectivity index (χ2n) is 5.72. The Bertz CT molecular complexity index is 840. The maximum atomic E-state index is 13.0. The van der Waals surface area contributed by atoms with Crippen LogP contribution in [-0.2, 0) is 6.42 Å². The number of nitrogens with one attached hydrogen (secondary N) is 1. The van der Waals surface area contributed by atoms with Crippen molar-refractivity contribution in [2.45, 2.75) is 20.3 Å². The number of carbonyl (C=O) groups excluding carboxylic acids is 1. The number of carbonyl (C=O) groups is 1. The highest BCUT2D eigenvalue weighted by Crippen LogP contribution is 2.29. The quantitative estimate of drug-likeness (QED) is 0.706. The van der Waals surface area contributed by atoms with E-state index in [1.165, 1.54) is 34.8 Å². The highest BCUT2D eigenvalue weighted by molar-refractivity contribution is 7.18. The molecule has 3 aromatic rings. The van der Waals surface area contributed by atoms with Crippen molar-refractivity contribution in [1.82, 2.24) is 10.2 Å². The smallest absolute Gasteiger partial charge is 0.267 e. The fourth-order valence-corrected chi connectivity index (χ4v) is 3.98. The van der Waals surface area contributed by atoms with Gasteiger partial charge in [-0.3, -0.25) is 10.1 Å². The summed E-state index contributed by atoms with van der Waals surface area (Å²) in [5, 5.41) is 12.3. The van der Waals surface area contributed by atoms with Gasteiger partial charge in [-0.25, -0.2) is 4.39 Å². The number of rotatable bonds is 5. The van der Waals surface area contributed by atoms with E-state index in [1.54, 1.807) is 18.2 Å². The largest absolute Gasteiger partial charge is 0.296 e. The Kier molecular flexibility index (Phi) is 5.01. The SMILES string of the molecule is CC(C)Cc1nnc(NC(=O)c2ccc(-c3ccc(F)cc3)s2)s1. The van der Waals surface area contributed by atoms with E-state index in [-0.39, 0.29) is 11.7 Å². The predicted octanol–water partition coefficient (Wildman–Crippen LogP) is 4.86. The first kappa shape index (κ1) is 16.7. The summed E-state index contributed by atoms with van der Waals surface area (Å²) in [5.74, 6) is 0.0133. The number of amides is 1. The molecule has 0 saturated carbocycles. The van der Waals surface area contributed by atoms with Crippen LogP contribution in [0.1, 0.15) is 28.5 Å². The number of aromatic nitrogens is 2. The van der Waals surface area contributed by atoms with Crippen LogP contribution < -0.4 is 5.32 Å². The molecular weight excluding hydrogens is 345 g/mol. The van der Waals surface area contributed by atoms with Gasteiger partial charge in [0.1, 0.15) is 10.8 Å². The second-order valence-corrected chi connectivity index (χ2v) is 7.87. The lowest BCUT2D eigenvalue weighted by atomic mass is 10.1. The van der Waals surface area contributed by atoms with E-state index in [1.807, 2.05) is 6.07 Å². The number of benzene rings is 1. The number of hydrogen-bond acceptors (Lipinski definition) is 5. The molecule has 0 atom stereocenters. The number of nitrogens with zero attached hydrogens (tertiary/aromatic N) is 2. The lowest BCUT2D eigenvalue weighted by Crippen LogP contribution is -2.09. The highest BCUT2D eigenvalue weighted by atomic mass is 32.1. The van der Waals surface area contributed by atoms with Gasteiger partial charge in [0.05, 0.1) is 4.88 Å². The summed E-state index contributed by atoms with van der Waals surface area (Å²) in [6.07, 6.45) is 0.848. The van der Waals surface area contributed by atoms with Crippen molar-refractivity contribution in [3.63, 3.8) is 0 Å². The zero-order valence-electron chi connectivity index (χ0n) is 13.2. The van der Waals surface area contributed by atoms with E-state index >= 15 is 0 Å². The Morgan fingerprint density at radius 3 is 2.58 bits per heavy atom. The molecule has 0 aliphatic rings. The van der Waals surface area contributed by atoms with E-state index in [2.05, 4.69) is 29.4 Å². The van der Waals surface area contributed by atoms with Crippen LogP contribution in [0.5, 0.6) is 0 Å². The molecule has 0 unspecified atom stereocenters. The Balaban J connectivity index is 1.69. The molecule has 0 aliphatic heterocycles. The molecule has 7 heteroatoms. The van der Waals surface area contributed by atoms with E-state index in [4.69, 9.17) is 0 Å². The Hall–Kier alpha value is -2.12. The molecule has 0 radical (unpaired) electrons. The van der Waals surface area contributed by atoms with E-state index in [0.717, 1.165) is 21.9 Å². The summed E-state index contributed by atoms with van der Waals surface area (Å²) in [6, 6.07) is 9.84. The van der Waals surface area contributed by atoms with Crippen molar-refractivity contribution in [2.24, 2.45) is 5.92 Å². The Morgan fingerprint density at radius 1 is 1.12 bits per heavy atom. The first-order valence-electron chi connectivity index (χ1n) is 7.51. The molecule has 4 nitrogen and oxygen atoms in total. The molecule has 1 aromatic carbocycles. The minimum Gasteiger partial charge on any atom is -0.296 e. The molecule has 124 valence electrons. The molecule has 0 bridgehead atoms. The molecule has 1 amide bonds. The second kappa shape index (κ2) is 7.19. The highest BCUT2D eigenvalue weighted by Gasteiger charge is 2.13. The summed E-state index contributed by atoms with van der Waals surface area (Å²) in [6.45, 7) is 4.23. The molecule has 1 N–H and O–H groups in total.